The van der Waals surface area contributed by atoms with E-state index in [1.807, 2.05) is 24.3 Å². The van der Waals surface area contributed by atoms with Crippen LogP contribution in [0.4, 0.5) is 5.95 Å². The van der Waals surface area contributed by atoms with Gasteiger partial charge in [-0.15, -0.1) is 0 Å². The molecule has 19 heavy (non-hydrogen) atoms. The molecule has 0 spiro atoms. The van der Waals surface area contributed by atoms with Crippen LogP contribution in [0.25, 0.3) is 32.7 Å². The Bertz CT molecular complexity index is 998. The van der Waals surface area contributed by atoms with Gasteiger partial charge in [0.1, 0.15) is 0 Å². The molecule has 4 aromatic rings. The third-order valence-corrected chi connectivity index (χ3v) is 3.22. The summed E-state index contributed by atoms with van der Waals surface area (Å²) in [6, 6.07) is 7.59. The Morgan fingerprint density at radius 1 is 1.05 bits per heavy atom. The van der Waals surface area contributed by atoms with Crippen molar-refractivity contribution >= 4 is 38.7 Å². The van der Waals surface area contributed by atoms with E-state index in [9.17, 15) is 4.79 Å². The molecule has 2 aromatic heterocycles. The molecule has 92 valence electrons. The predicted octanol–water partition coefficient (Wildman–Crippen LogP) is 1.53. The van der Waals surface area contributed by atoms with Crippen molar-refractivity contribution in [2.75, 3.05) is 5.73 Å². The quantitative estimate of drug-likeness (QED) is 0.412. The molecular formula is C13H9N5O. The molecule has 0 aliphatic carbocycles. The number of aromatic amines is 2. The summed E-state index contributed by atoms with van der Waals surface area (Å²) < 4.78 is 0. The van der Waals surface area contributed by atoms with Crippen LogP contribution in [0.1, 0.15) is 0 Å². The molecule has 0 aliphatic rings. The van der Waals surface area contributed by atoms with Gasteiger partial charge in [-0.25, -0.2) is 9.97 Å². The van der Waals surface area contributed by atoms with Gasteiger partial charge >= 0.3 is 0 Å². The molecule has 4 rings (SSSR count). The van der Waals surface area contributed by atoms with Crippen LogP contribution in [0.3, 0.4) is 0 Å². The highest BCUT2D eigenvalue weighted by molar-refractivity contribution is 6.01. The van der Waals surface area contributed by atoms with Gasteiger partial charge in [-0.05, 0) is 35.0 Å². The van der Waals surface area contributed by atoms with Crippen molar-refractivity contribution in [3.05, 3.63) is 40.9 Å². The second kappa shape index (κ2) is 3.32. The normalized spacial score (nSPS) is 11.6. The Kier molecular flexibility index (Phi) is 1.76. The lowest BCUT2D eigenvalue weighted by atomic mass is 10.1. The molecule has 0 bridgehead atoms. The molecule has 0 saturated heterocycles. The van der Waals surface area contributed by atoms with Gasteiger partial charge in [0.05, 0.1) is 28.3 Å². The molecule has 2 aromatic carbocycles. The van der Waals surface area contributed by atoms with Crippen molar-refractivity contribution in [1.82, 2.24) is 19.9 Å². The van der Waals surface area contributed by atoms with E-state index in [0.717, 1.165) is 21.8 Å². The number of fused-ring (bicyclic) bond motifs is 3. The molecule has 2 heterocycles. The van der Waals surface area contributed by atoms with Gasteiger partial charge in [-0.3, -0.25) is 9.78 Å². The number of rotatable bonds is 0. The van der Waals surface area contributed by atoms with E-state index in [1.165, 1.54) is 0 Å². The number of H-pyrrole nitrogens is 2. The number of nitrogens with zero attached hydrogens (tertiary/aromatic N) is 2. The van der Waals surface area contributed by atoms with Gasteiger partial charge in [-0.1, -0.05) is 0 Å². The van der Waals surface area contributed by atoms with Crippen molar-refractivity contribution in [3.63, 3.8) is 0 Å². The number of imidazole rings is 1. The van der Waals surface area contributed by atoms with Crippen molar-refractivity contribution in [2.45, 2.75) is 0 Å². The Morgan fingerprint density at radius 2 is 1.84 bits per heavy atom. The van der Waals surface area contributed by atoms with Gasteiger partial charge in [-0.2, -0.15) is 0 Å². The highest BCUT2D eigenvalue weighted by atomic mass is 16.1. The Hall–Kier alpha value is -2.89. The number of nitrogens with two attached hydrogens (primary N) is 1. The lowest BCUT2D eigenvalue weighted by Crippen LogP contribution is -2.10. The SMILES string of the molecule is Nc1nc2cc3cc4nc[nH]c4cc3cc2c(=O)[nH]1. The molecule has 0 saturated carbocycles. The van der Waals surface area contributed by atoms with Gasteiger partial charge in [0, 0.05) is 0 Å². The van der Waals surface area contributed by atoms with Crippen molar-refractivity contribution < 1.29 is 0 Å². The molecule has 0 radical (unpaired) electrons. The van der Waals surface area contributed by atoms with Gasteiger partial charge < -0.3 is 10.7 Å². The fraction of sp³-hybridized carbons (Fsp3) is 0. The first-order chi connectivity index (χ1) is 9.20. The van der Waals surface area contributed by atoms with Crippen molar-refractivity contribution in [2.24, 2.45) is 0 Å². The Balaban J connectivity index is 2.23. The van der Waals surface area contributed by atoms with Crippen LogP contribution in [0.2, 0.25) is 0 Å². The highest BCUT2D eigenvalue weighted by Gasteiger charge is 2.06. The smallest absolute Gasteiger partial charge is 0.260 e. The standard InChI is InChI=1S/C13H9N5O/c14-13-17-9-2-7-4-11-10(15-5-16-11)3-6(7)1-8(9)12(19)18-13/h1-5H,(H,15,16)(H3,14,17,18,19). The third-order valence-electron chi connectivity index (χ3n) is 3.22. The van der Waals surface area contributed by atoms with Crippen LogP contribution in [-0.4, -0.2) is 19.9 Å². The summed E-state index contributed by atoms with van der Waals surface area (Å²) >= 11 is 0. The maximum absolute atomic E-state index is 11.9. The topological polar surface area (TPSA) is 100 Å². The van der Waals surface area contributed by atoms with Crippen LogP contribution in [0.15, 0.2) is 35.4 Å². The van der Waals surface area contributed by atoms with E-state index in [-0.39, 0.29) is 11.5 Å². The molecule has 0 amide bonds. The second-order valence-corrected chi connectivity index (χ2v) is 4.44. The number of benzene rings is 2. The number of nitrogens with one attached hydrogen (secondary N) is 2. The van der Waals surface area contributed by atoms with Crippen LogP contribution in [-0.2, 0) is 0 Å². The van der Waals surface area contributed by atoms with Gasteiger partial charge in [0.25, 0.3) is 5.56 Å². The minimum atomic E-state index is -0.228. The monoisotopic (exact) mass is 251 g/mol. The molecule has 6 heteroatoms. The minimum Gasteiger partial charge on any atom is -0.369 e. The largest absolute Gasteiger partial charge is 0.369 e. The van der Waals surface area contributed by atoms with E-state index in [1.54, 1.807) is 6.33 Å². The summed E-state index contributed by atoms with van der Waals surface area (Å²) in [5, 5.41) is 2.46. The molecule has 0 unspecified atom stereocenters. The van der Waals surface area contributed by atoms with E-state index >= 15 is 0 Å². The highest BCUT2D eigenvalue weighted by Crippen LogP contribution is 2.23. The summed E-state index contributed by atoms with van der Waals surface area (Å²) in [5.41, 5.74) is 7.73. The molecular weight excluding hydrogens is 242 g/mol. The van der Waals surface area contributed by atoms with Crippen LogP contribution < -0.4 is 11.3 Å². The maximum Gasteiger partial charge on any atom is 0.260 e. The lowest BCUT2D eigenvalue weighted by Gasteiger charge is -2.02. The minimum absolute atomic E-state index is 0.123. The van der Waals surface area contributed by atoms with Crippen LogP contribution in [0.5, 0.6) is 0 Å². The zero-order valence-corrected chi connectivity index (χ0v) is 9.77. The molecule has 6 nitrogen and oxygen atoms in total. The first-order valence-corrected chi connectivity index (χ1v) is 5.77. The summed E-state index contributed by atoms with van der Waals surface area (Å²) in [4.78, 5) is 25.8. The first kappa shape index (κ1) is 10.1. The second-order valence-electron chi connectivity index (χ2n) is 4.44. The third kappa shape index (κ3) is 1.40. The van der Waals surface area contributed by atoms with Crippen LogP contribution in [0, 0.1) is 0 Å². The van der Waals surface area contributed by atoms with Gasteiger partial charge in [0.15, 0.2) is 0 Å². The molecule has 0 aliphatic heterocycles. The van der Waals surface area contributed by atoms with Crippen molar-refractivity contribution in [3.8, 4) is 0 Å². The predicted molar refractivity (Wildman–Crippen MR) is 73.9 cm³/mol. The fourth-order valence-corrected chi connectivity index (χ4v) is 2.34. The van der Waals surface area contributed by atoms with Crippen LogP contribution >= 0.6 is 0 Å². The fourth-order valence-electron chi connectivity index (χ4n) is 2.34. The average molecular weight is 251 g/mol. The lowest BCUT2D eigenvalue weighted by molar-refractivity contribution is 1.19. The Labute approximate surface area is 106 Å². The van der Waals surface area contributed by atoms with Gasteiger partial charge in [0.2, 0.25) is 5.95 Å². The summed E-state index contributed by atoms with van der Waals surface area (Å²) in [5.74, 6) is 0.123. The number of anilines is 1. The molecule has 0 atom stereocenters. The number of hydrogen-bond donors (Lipinski definition) is 3. The van der Waals surface area contributed by atoms with Crippen molar-refractivity contribution in [1.29, 1.82) is 0 Å². The maximum atomic E-state index is 11.9. The zero-order chi connectivity index (χ0) is 13.0. The Morgan fingerprint density at radius 3 is 2.74 bits per heavy atom. The average Bonchev–Trinajstić information content (AvgIpc) is 2.81. The summed E-state index contributed by atoms with van der Waals surface area (Å²) in [6.07, 6.45) is 1.65. The molecule has 4 N–H and O–H groups in total. The van der Waals surface area contributed by atoms with E-state index in [0.29, 0.717) is 10.9 Å². The zero-order valence-electron chi connectivity index (χ0n) is 9.77. The molecule has 0 fully saturated rings. The van der Waals surface area contributed by atoms with E-state index < -0.39 is 0 Å². The number of aromatic nitrogens is 4. The summed E-state index contributed by atoms with van der Waals surface area (Å²) in [6.45, 7) is 0. The number of nitrogen functional groups attached to an aromatic ring is 1. The van der Waals surface area contributed by atoms with E-state index in [4.69, 9.17) is 5.73 Å². The first-order valence-electron chi connectivity index (χ1n) is 5.77. The number of hydrogen-bond acceptors (Lipinski definition) is 4. The van der Waals surface area contributed by atoms with E-state index in [2.05, 4.69) is 19.9 Å². The summed E-state index contributed by atoms with van der Waals surface area (Å²) in [7, 11) is 0.